The van der Waals surface area contributed by atoms with Crippen LogP contribution >= 0.6 is 11.6 Å². The lowest BCUT2D eigenvalue weighted by atomic mass is 10.2. The Morgan fingerprint density at radius 3 is 2.76 bits per heavy atom. The topological polar surface area (TPSA) is 81.8 Å². The van der Waals surface area contributed by atoms with E-state index in [0.717, 1.165) is 0 Å². The molecule has 0 fully saturated rings. The van der Waals surface area contributed by atoms with Crippen LogP contribution in [0.2, 0.25) is 5.02 Å². The van der Waals surface area contributed by atoms with Crippen LogP contribution in [0.3, 0.4) is 0 Å². The van der Waals surface area contributed by atoms with Gasteiger partial charge in [0.25, 0.3) is 0 Å². The Morgan fingerprint density at radius 2 is 2.24 bits per heavy atom. The van der Waals surface area contributed by atoms with Crippen LogP contribution in [0.4, 0.5) is 0 Å². The van der Waals surface area contributed by atoms with Crippen molar-refractivity contribution in [2.24, 2.45) is 5.73 Å². The molecule has 0 atom stereocenters. The predicted molar refractivity (Wildman–Crippen MR) is 63.2 cm³/mol. The van der Waals surface area contributed by atoms with Crippen LogP contribution in [-0.4, -0.2) is 24.7 Å². The van der Waals surface area contributed by atoms with Crippen LogP contribution in [0.25, 0.3) is 0 Å². The van der Waals surface area contributed by atoms with E-state index in [1.807, 2.05) is 0 Å². The van der Waals surface area contributed by atoms with Gasteiger partial charge in [-0.1, -0.05) is 11.6 Å². The molecule has 1 amide bonds. The number of ether oxygens (including phenoxy) is 2. The van der Waals surface area contributed by atoms with E-state index in [-0.39, 0.29) is 19.6 Å². The number of rotatable bonds is 6. The van der Waals surface area contributed by atoms with E-state index in [4.69, 9.17) is 26.8 Å². The van der Waals surface area contributed by atoms with Gasteiger partial charge >= 0.3 is 0 Å². The number of nitrogens with two attached hydrogens (primary N) is 1. The molecule has 0 aliphatic heterocycles. The minimum atomic E-state index is -0.455. The van der Waals surface area contributed by atoms with Crippen molar-refractivity contribution in [1.82, 2.24) is 0 Å². The van der Waals surface area contributed by atoms with E-state index >= 15 is 0 Å². The molecule has 1 aromatic carbocycles. The minimum absolute atomic E-state index is 0.0939. The quantitative estimate of drug-likeness (QED) is 0.801. The Kier molecular flexibility index (Phi) is 5.06. The summed E-state index contributed by atoms with van der Waals surface area (Å²) in [5.41, 5.74) is 5.50. The summed E-state index contributed by atoms with van der Waals surface area (Å²) >= 11 is 5.84. The summed E-state index contributed by atoms with van der Waals surface area (Å²) in [6.45, 7) is -0.108. The Labute approximate surface area is 104 Å². The lowest BCUT2D eigenvalue weighted by Gasteiger charge is -2.14. The summed E-state index contributed by atoms with van der Waals surface area (Å²) in [7, 11) is 1.47. The summed E-state index contributed by atoms with van der Waals surface area (Å²) in [5.74, 6) is 0.329. The highest BCUT2D eigenvalue weighted by Crippen LogP contribution is 2.34. The fourth-order valence-electron chi connectivity index (χ4n) is 1.31. The van der Waals surface area contributed by atoms with Gasteiger partial charge in [-0.15, -0.1) is 0 Å². The zero-order chi connectivity index (χ0) is 12.8. The predicted octanol–water partition coefficient (Wildman–Crippen LogP) is 1.10. The number of amides is 1. The Hall–Kier alpha value is -1.46. The summed E-state index contributed by atoms with van der Waals surface area (Å²) < 4.78 is 10.5. The largest absolute Gasteiger partial charge is 0.493 e. The van der Waals surface area contributed by atoms with Gasteiger partial charge in [0, 0.05) is 16.7 Å². The first-order chi connectivity index (χ1) is 8.08. The van der Waals surface area contributed by atoms with Crippen LogP contribution in [0.15, 0.2) is 12.1 Å². The zero-order valence-electron chi connectivity index (χ0n) is 9.40. The van der Waals surface area contributed by atoms with Crippen molar-refractivity contribution in [3.8, 4) is 11.5 Å². The Morgan fingerprint density at radius 1 is 1.53 bits per heavy atom. The number of carbonyl (C=O) groups excluding carboxylic acids is 1. The molecule has 0 unspecified atom stereocenters. The molecule has 6 heteroatoms. The van der Waals surface area contributed by atoms with Crippen molar-refractivity contribution in [2.75, 3.05) is 13.7 Å². The second-order valence-electron chi connectivity index (χ2n) is 3.32. The third-order valence-electron chi connectivity index (χ3n) is 2.08. The Bertz CT molecular complexity index is 383. The average Bonchev–Trinajstić information content (AvgIpc) is 2.29. The highest BCUT2D eigenvalue weighted by atomic mass is 35.5. The van der Waals surface area contributed by atoms with E-state index < -0.39 is 5.91 Å². The fourth-order valence-corrected chi connectivity index (χ4v) is 1.54. The lowest BCUT2D eigenvalue weighted by molar-refractivity contribution is -0.118. The number of primary amides is 1. The molecule has 5 nitrogen and oxygen atoms in total. The second kappa shape index (κ2) is 6.32. The molecule has 94 valence electrons. The average molecular weight is 260 g/mol. The highest BCUT2D eigenvalue weighted by Gasteiger charge is 2.12. The van der Waals surface area contributed by atoms with Gasteiger partial charge in [-0.05, 0) is 6.07 Å². The number of aliphatic hydroxyl groups excluding tert-OH is 1. The molecule has 3 N–H and O–H groups in total. The molecule has 0 radical (unpaired) electrons. The van der Waals surface area contributed by atoms with Gasteiger partial charge in [0.15, 0.2) is 11.5 Å². The standard InChI is InChI=1S/C11H14ClNO4/c1-16-9-5-8(12)4-7(6-14)11(9)17-3-2-10(13)15/h4-5,14H,2-3,6H2,1H3,(H2,13,15). The van der Waals surface area contributed by atoms with Gasteiger partial charge in [0.1, 0.15) is 0 Å². The number of hydrogen-bond donors (Lipinski definition) is 2. The number of aliphatic hydroxyl groups is 1. The monoisotopic (exact) mass is 259 g/mol. The molecule has 0 spiro atoms. The summed E-state index contributed by atoms with van der Waals surface area (Å²) in [6, 6.07) is 3.14. The van der Waals surface area contributed by atoms with Gasteiger partial charge in [-0.2, -0.15) is 0 Å². The van der Waals surface area contributed by atoms with Crippen molar-refractivity contribution < 1.29 is 19.4 Å². The third-order valence-corrected chi connectivity index (χ3v) is 2.30. The smallest absolute Gasteiger partial charge is 0.220 e. The maximum absolute atomic E-state index is 10.6. The number of hydrogen-bond acceptors (Lipinski definition) is 4. The summed E-state index contributed by atoms with van der Waals surface area (Å²) in [6.07, 6.45) is 0.0939. The molecular weight excluding hydrogens is 246 g/mol. The lowest BCUT2D eigenvalue weighted by Crippen LogP contribution is -2.15. The number of carbonyl (C=O) groups is 1. The van der Waals surface area contributed by atoms with Crippen molar-refractivity contribution in [1.29, 1.82) is 0 Å². The van der Waals surface area contributed by atoms with E-state index in [0.29, 0.717) is 22.1 Å². The molecule has 1 rings (SSSR count). The molecular formula is C11H14ClNO4. The maximum atomic E-state index is 10.6. The van der Waals surface area contributed by atoms with Gasteiger partial charge in [-0.3, -0.25) is 4.79 Å². The van der Waals surface area contributed by atoms with Crippen LogP contribution < -0.4 is 15.2 Å². The normalized spacial score (nSPS) is 10.1. The fraction of sp³-hybridized carbons (Fsp3) is 0.364. The molecule has 0 bridgehead atoms. The van der Waals surface area contributed by atoms with Crippen molar-refractivity contribution >= 4 is 17.5 Å². The minimum Gasteiger partial charge on any atom is -0.493 e. The number of methoxy groups -OCH3 is 1. The molecule has 0 aliphatic carbocycles. The third kappa shape index (κ3) is 3.80. The first-order valence-electron chi connectivity index (χ1n) is 4.96. The first-order valence-corrected chi connectivity index (χ1v) is 5.34. The molecule has 17 heavy (non-hydrogen) atoms. The van der Waals surface area contributed by atoms with E-state index in [1.54, 1.807) is 12.1 Å². The second-order valence-corrected chi connectivity index (χ2v) is 3.76. The molecule has 0 aliphatic rings. The SMILES string of the molecule is COc1cc(Cl)cc(CO)c1OCCC(N)=O. The Balaban J connectivity index is 2.90. The molecule has 0 aromatic heterocycles. The highest BCUT2D eigenvalue weighted by molar-refractivity contribution is 6.30. The molecule has 0 saturated heterocycles. The van der Waals surface area contributed by atoms with E-state index in [1.165, 1.54) is 7.11 Å². The van der Waals surface area contributed by atoms with Gasteiger partial charge in [-0.25, -0.2) is 0 Å². The van der Waals surface area contributed by atoms with E-state index in [2.05, 4.69) is 0 Å². The molecule has 1 aromatic rings. The van der Waals surface area contributed by atoms with Gasteiger partial charge in [0.2, 0.25) is 5.91 Å². The summed E-state index contributed by atoms with van der Waals surface area (Å²) in [4.78, 5) is 10.6. The zero-order valence-corrected chi connectivity index (χ0v) is 10.2. The number of halogens is 1. The number of benzene rings is 1. The van der Waals surface area contributed by atoms with Crippen LogP contribution in [0, 0.1) is 0 Å². The van der Waals surface area contributed by atoms with Crippen molar-refractivity contribution in [3.05, 3.63) is 22.7 Å². The first kappa shape index (κ1) is 13.6. The van der Waals surface area contributed by atoms with Crippen molar-refractivity contribution in [3.63, 3.8) is 0 Å². The van der Waals surface area contributed by atoms with Gasteiger partial charge < -0.3 is 20.3 Å². The van der Waals surface area contributed by atoms with E-state index in [9.17, 15) is 9.90 Å². The van der Waals surface area contributed by atoms with Crippen LogP contribution in [0.1, 0.15) is 12.0 Å². The van der Waals surface area contributed by atoms with Gasteiger partial charge in [0.05, 0.1) is 26.7 Å². The molecule has 0 heterocycles. The van der Waals surface area contributed by atoms with Crippen molar-refractivity contribution in [2.45, 2.75) is 13.0 Å². The van der Waals surface area contributed by atoms with Crippen LogP contribution in [0.5, 0.6) is 11.5 Å². The van der Waals surface area contributed by atoms with Crippen LogP contribution in [-0.2, 0) is 11.4 Å². The molecule has 0 saturated carbocycles. The maximum Gasteiger partial charge on any atom is 0.220 e. The summed E-state index contributed by atoms with van der Waals surface area (Å²) in [5, 5.41) is 9.62.